The van der Waals surface area contributed by atoms with Gasteiger partial charge in [0.2, 0.25) is 5.91 Å². The minimum Gasteiger partial charge on any atom is -0.339 e. The first-order chi connectivity index (χ1) is 6.84. The molecule has 1 heterocycles. The maximum Gasteiger partial charge on any atom is 0.226 e. The molecule has 1 saturated heterocycles. The van der Waals surface area contributed by atoms with Gasteiger partial charge in [0.15, 0.2) is 0 Å². The molecule has 2 bridgehead atoms. The summed E-state index contributed by atoms with van der Waals surface area (Å²) in [6.45, 7) is 1.12. The van der Waals surface area contributed by atoms with Crippen LogP contribution in [-0.2, 0) is 4.79 Å². The second-order valence-corrected chi connectivity index (χ2v) is 5.74. The summed E-state index contributed by atoms with van der Waals surface area (Å²) in [7, 11) is 0. The number of carbonyl (C=O) groups is 1. The van der Waals surface area contributed by atoms with Gasteiger partial charge in [-0.05, 0) is 49.9 Å². The number of rotatable bonds is 1. The molecule has 4 fully saturated rings. The van der Waals surface area contributed by atoms with Gasteiger partial charge in [-0.1, -0.05) is 0 Å². The molecule has 4 unspecified atom stereocenters. The molecule has 0 aromatic carbocycles. The minimum absolute atomic E-state index is 0.467. The van der Waals surface area contributed by atoms with E-state index in [-0.39, 0.29) is 0 Å². The molecule has 0 aromatic rings. The first-order valence-electron chi connectivity index (χ1n) is 6.15. The van der Waals surface area contributed by atoms with Gasteiger partial charge < -0.3 is 4.90 Å². The largest absolute Gasteiger partial charge is 0.339 e. The van der Waals surface area contributed by atoms with E-state index in [1.165, 1.54) is 32.1 Å². The highest BCUT2D eigenvalue weighted by Gasteiger charge is 2.57. The van der Waals surface area contributed by atoms with Gasteiger partial charge in [-0.15, -0.1) is 0 Å². The smallest absolute Gasteiger partial charge is 0.226 e. The van der Waals surface area contributed by atoms with Crippen molar-refractivity contribution in [3.05, 3.63) is 0 Å². The van der Waals surface area contributed by atoms with Crippen LogP contribution in [0.5, 0.6) is 0 Å². The van der Waals surface area contributed by atoms with E-state index in [4.69, 9.17) is 0 Å². The van der Waals surface area contributed by atoms with E-state index in [1.807, 2.05) is 0 Å². The van der Waals surface area contributed by atoms with Crippen molar-refractivity contribution in [2.24, 2.45) is 23.7 Å². The number of hydrogen-bond acceptors (Lipinski definition) is 1. The Hall–Kier alpha value is -0.530. The minimum atomic E-state index is 0.467. The lowest BCUT2D eigenvalue weighted by Crippen LogP contribution is -2.31. The summed E-state index contributed by atoms with van der Waals surface area (Å²) in [4.78, 5) is 14.4. The fourth-order valence-corrected chi connectivity index (χ4v) is 4.28. The number of hydrogen-bond donors (Lipinski definition) is 0. The van der Waals surface area contributed by atoms with Crippen molar-refractivity contribution in [2.75, 3.05) is 6.54 Å². The number of amides is 1. The molecule has 0 spiro atoms. The molecule has 4 aliphatic rings. The Morgan fingerprint density at radius 2 is 1.86 bits per heavy atom. The average Bonchev–Trinajstić information content (AvgIpc) is 2.70. The maximum absolute atomic E-state index is 12.2. The molecule has 1 aliphatic heterocycles. The summed E-state index contributed by atoms with van der Waals surface area (Å²) in [6.07, 6.45) is 6.69. The molecular formula is C12H17NO. The van der Waals surface area contributed by atoms with Gasteiger partial charge in [0.25, 0.3) is 0 Å². The predicted molar refractivity (Wildman–Crippen MR) is 52.5 cm³/mol. The molecule has 2 nitrogen and oxygen atoms in total. The third-order valence-corrected chi connectivity index (χ3v) is 5.05. The van der Waals surface area contributed by atoms with E-state index in [2.05, 4.69) is 4.90 Å². The lowest BCUT2D eigenvalue weighted by molar-refractivity contribution is -0.132. The highest BCUT2D eigenvalue weighted by atomic mass is 16.2. The molecular weight excluding hydrogens is 174 g/mol. The van der Waals surface area contributed by atoms with E-state index >= 15 is 0 Å². The van der Waals surface area contributed by atoms with Gasteiger partial charge in [0.1, 0.15) is 0 Å². The number of nitrogens with zero attached hydrogens (tertiary/aromatic N) is 1. The molecule has 76 valence electrons. The fraction of sp³-hybridized carbons (Fsp3) is 0.917. The zero-order chi connectivity index (χ0) is 9.28. The van der Waals surface area contributed by atoms with Crippen molar-refractivity contribution >= 4 is 5.91 Å². The number of likely N-dealkylation sites (tertiary alicyclic amines) is 1. The van der Waals surface area contributed by atoms with Gasteiger partial charge in [-0.25, -0.2) is 0 Å². The van der Waals surface area contributed by atoms with Crippen LogP contribution in [0.25, 0.3) is 0 Å². The van der Waals surface area contributed by atoms with Crippen LogP contribution in [0.1, 0.15) is 32.1 Å². The molecule has 4 atom stereocenters. The summed E-state index contributed by atoms with van der Waals surface area (Å²) < 4.78 is 0. The maximum atomic E-state index is 12.2. The van der Waals surface area contributed by atoms with Crippen molar-refractivity contribution in [2.45, 2.75) is 38.1 Å². The third-order valence-electron chi connectivity index (χ3n) is 5.05. The van der Waals surface area contributed by atoms with E-state index in [0.717, 1.165) is 24.3 Å². The van der Waals surface area contributed by atoms with Gasteiger partial charge in [0.05, 0.1) is 0 Å². The summed E-state index contributed by atoms with van der Waals surface area (Å²) in [5, 5.41) is 0. The first kappa shape index (κ1) is 7.72. The number of carbonyl (C=O) groups excluding carboxylic acids is 1. The topological polar surface area (TPSA) is 20.3 Å². The van der Waals surface area contributed by atoms with Gasteiger partial charge in [-0.3, -0.25) is 4.79 Å². The first-order valence-corrected chi connectivity index (χ1v) is 6.15. The Kier molecular flexibility index (Phi) is 1.29. The van der Waals surface area contributed by atoms with Crippen molar-refractivity contribution < 1.29 is 4.79 Å². The Bertz CT molecular complexity index is 297. The van der Waals surface area contributed by atoms with Crippen molar-refractivity contribution in [3.63, 3.8) is 0 Å². The zero-order valence-corrected chi connectivity index (χ0v) is 8.48. The lowest BCUT2D eigenvalue weighted by atomic mass is 9.81. The molecule has 1 amide bonds. The van der Waals surface area contributed by atoms with Crippen molar-refractivity contribution in [1.82, 2.24) is 4.90 Å². The number of fused-ring (bicyclic) bond motifs is 5. The summed E-state index contributed by atoms with van der Waals surface area (Å²) in [5.74, 6) is 3.46. The van der Waals surface area contributed by atoms with Crippen LogP contribution < -0.4 is 0 Å². The molecule has 3 saturated carbocycles. The summed E-state index contributed by atoms with van der Waals surface area (Å²) >= 11 is 0. The SMILES string of the molecule is O=C1C2C3CCC(C3)C2CN1C1CC1. The van der Waals surface area contributed by atoms with Gasteiger partial charge in [-0.2, -0.15) is 0 Å². The van der Waals surface area contributed by atoms with Crippen LogP contribution in [0, 0.1) is 23.7 Å². The van der Waals surface area contributed by atoms with E-state index in [0.29, 0.717) is 17.9 Å². The molecule has 14 heavy (non-hydrogen) atoms. The molecule has 4 rings (SSSR count). The fourth-order valence-electron chi connectivity index (χ4n) is 4.28. The second kappa shape index (κ2) is 2.34. The van der Waals surface area contributed by atoms with Gasteiger partial charge in [0, 0.05) is 18.5 Å². The van der Waals surface area contributed by atoms with Crippen molar-refractivity contribution in [3.8, 4) is 0 Å². The van der Waals surface area contributed by atoms with Crippen LogP contribution in [-0.4, -0.2) is 23.4 Å². The zero-order valence-electron chi connectivity index (χ0n) is 8.48. The second-order valence-electron chi connectivity index (χ2n) is 5.74. The van der Waals surface area contributed by atoms with Crippen LogP contribution in [0.4, 0.5) is 0 Å². The van der Waals surface area contributed by atoms with Crippen LogP contribution in [0.2, 0.25) is 0 Å². The third kappa shape index (κ3) is 0.807. The lowest BCUT2D eigenvalue weighted by Gasteiger charge is -2.20. The molecule has 0 N–H and O–H groups in total. The molecule has 0 aromatic heterocycles. The monoisotopic (exact) mass is 191 g/mol. The Morgan fingerprint density at radius 1 is 1.07 bits per heavy atom. The Morgan fingerprint density at radius 3 is 2.57 bits per heavy atom. The average molecular weight is 191 g/mol. The van der Waals surface area contributed by atoms with Crippen LogP contribution in [0.15, 0.2) is 0 Å². The van der Waals surface area contributed by atoms with E-state index in [9.17, 15) is 4.79 Å². The molecule has 3 aliphatic carbocycles. The Balaban J connectivity index is 1.65. The molecule has 0 radical (unpaired) electrons. The standard InChI is InChI=1S/C12H17NO/c14-12-11-8-2-1-7(5-8)10(11)6-13(12)9-3-4-9/h7-11H,1-6H2. The summed E-state index contributed by atoms with van der Waals surface area (Å²) in [5.41, 5.74) is 0. The van der Waals surface area contributed by atoms with E-state index in [1.54, 1.807) is 0 Å². The van der Waals surface area contributed by atoms with E-state index < -0.39 is 0 Å². The summed E-state index contributed by atoms with van der Waals surface area (Å²) in [6, 6.07) is 0.660. The Labute approximate surface area is 84.7 Å². The highest BCUT2D eigenvalue weighted by Crippen LogP contribution is 2.56. The van der Waals surface area contributed by atoms with Crippen molar-refractivity contribution in [1.29, 1.82) is 0 Å². The van der Waals surface area contributed by atoms with Gasteiger partial charge >= 0.3 is 0 Å². The quantitative estimate of drug-likeness (QED) is 0.617. The molecule has 2 heteroatoms. The normalized spacial score (nSPS) is 50.3. The predicted octanol–water partition coefficient (Wildman–Crippen LogP) is 1.65. The highest BCUT2D eigenvalue weighted by molar-refractivity contribution is 5.83. The van der Waals surface area contributed by atoms with Crippen LogP contribution >= 0.6 is 0 Å². The van der Waals surface area contributed by atoms with Crippen LogP contribution in [0.3, 0.4) is 0 Å².